The second-order valence-electron chi connectivity index (χ2n) is 20.0. The van der Waals surface area contributed by atoms with Crippen LogP contribution >= 0.6 is 0 Å². The average Bonchev–Trinajstić information content (AvgIpc) is 3.90. The summed E-state index contributed by atoms with van der Waals surface area (Å²) in [6.45, 7) is 24.7. The molecular weight excluding hydrogens is 964 g/mol. The summed E-state index contributed by atoms with van der Waals surface area (Å²) in [5.74, 6) is 2.09. The zero-order valence-electron chi connectivity index (χ0n) is 38.6. The number of aromatic nitrogens is 2. The molecule has 5 nitrogen and oxygen atoms in total. The Labute approximate surface area is 394 Å². The molecule has 0 radical (unpaired) electrons. The predicted molar refractivity (Wildman–Crippen MR) is 262 cm³/mol. The zero-order valence-corrected chi connectivity index (χ0v) is 40.9. The van der Waals surface area contributed by atoms with Crippen molar-refractivity contribution in [1.29, 1.82) is 0 Å². The van der Waals surface area contributed by atoms with E-state index >= 15 is 0 Å². The van der Waals surface area contributed by atoms with Crippen LogP contribution in [0.4, 0.5) is 11.4 Å². The van der Waals surface area contributed by atoms with Gasteiger partial charge in [0.25, 0.3) is 0 Å². The number of para-hydroxylation sites is 1. The molecule has 64 heavy (non-hydrogen) atoms. The Hall–Kier alpha value is -5.90. The third-order valence-corrected chi connectivity index (χ3v) is 12.9. The third-order valence-electron chi connectivity index (χ3n) is 12.9. The number of hydrogen-bond acceptors (Lipinski definition) is 4. The maximum atomic E-state index is 7.04. The molecule has 1 aliphatic rings. The summed E-state index contributed by atoms with van der Waals surface area (Å²) >= 11 is 0. The van der Waals surface area contributed by atoms with Crippen molar-refractivity contribution < 1.29 is 25.8 Å². The van der Waals surface area contributed by atoms with Gasteiger partial charge in [-0.3, -0.25) is 0 Å². The molecule has 6 aromatic carbocycles. The minimum atomic E-state index is -0.392. The second-order valence-corrected chi connectivity index (χ2v) is 20.0. The number of nitrogens with zero attached hydrogens (tertiary/aromatic N) is 4. The first-order chi connectivity index (χ1) is 30.0. The summed E-state index contributed by atoms with van der Waals surface area (Å²) in [4.78, 5) is 9.28. The van der Waals surface area contributed by atoms with Crippen LogP contribution in [0.25, 0.3) is 27.6 Å². The van der Waals surface area contributed by atoms with Gasteiger partial charge in [0, 0.05) is 55.4 Å². The van der Waals surface area contributed by atoms with Crippen molar-refractivity contribution in [2.45, 2.75) is 90.9 Å². The molecule has 6 heteroatoms. The molecule has 0 spiro atoms. The molecule has 0 saturated heterocycles. The van der Waals surface area contributed by atoms with Crippen LogP contribution in [0.15, 0.2) is 158 Å². The number of pyridine rings is 1. The van der Waals surface area contributed by atoms with Gasteiger partial charge in [0.2, 0.25) is 0 Å². The maximum absolute atomic E-state index is 7.04. The van der Waals surface area contributed by atoms with E-state index in [4.69, 9.17) is 9.72 Å². The van der Waals surface area contributed by atoms with Gasteiger partial charge >= 0.3 is 0 Å². The van der Waals surface area contributed by atoms with Crippen molar-refractivity contribution in [3.05, 3.63) is 210 Å². The first-order valence-electron chi connectivity index (χ1n) is 22.0. The van der Waals surface area contributed by atoms with Crippen LogP contribution in [0.5, 0.6) is 11.5 Å². The van der Waals surface area contributed by atoms with E-state index in [0.29, 0.717) is 11.5 Å². The Bertz CT molecular complexity index is 2990. The number of hydrogen-bond donors (Lipinski definition) is 0. The summed E-state index contributed by atoms with van der Waals surface area (Å²) in [6, 6.07) is 57.2. The monoisotopic (exact) mass is 1020 g/mol. The molecular formula is C58H57N4OPt-3. The molecule has 0 atom stereocenters. The molecule has 3 heterocycles. The first kappa shape index (κ1) is 44.7. The van der Waals surface area contributed by atoms with Gasteiger partial charge in [0.05, 0.1) is 0 Å². The minimum Gasteiger partial charge on any atom is -0.509 e. The fraction of sp³-hybridized carbons (Fsp3) is 0.241. The number of benzene rings is 6. The van der Waals surface area contributed by atoms with Gasteiger partial charge in [-0.1, -0.05) is 171 Å². The van der Waals surface area contributed by atoms with Crippen molar-refractivity contribution in [1.82, 2.24) is 9.55 Å². The van der Waals surface area contributed by atoms with E-state index < -0.39 is 5.41 Å². The average molecular weight is 1020 g/mol. The van der Waals surface area contributed by atoms with Gasteiger partial charge < -0.3 is 19.1 Å². The normalized spacial score (nSPS) is 13.5. The van der Waals surface area contributed by atoms with Gasteiger partial charge in [-0.15, -0.1) is 53.8 Å². The molecule has 328 valence electrons. The Morgan fingerprint density at radius 3 is 1.83 bits per heavy atom. The third kappa shape index (κ3) is 8.43. The minimum absolute atomic E-state index is 0. The molecule has 0 N–H and O–H groups in total. The fourth-order valence-corrected chi connectivity index (χ4v) is 8.79. The quantitative estimate of drug-likeness (QED) is 0.135. The van der Waals surface area contributed by atoms with Crippen LogP contribution in [0.1, 0.15) is 103 Å². The standard InChI is InChI=1S/C58H57N4O.Pt/c1-55(2,3)42-28-29-59-53(35-42)62-51-27-18-17-26-49(51)54-50(58(9,10)41-22-15-12-16-23-41)37-48(38-52(54)62)63-47-34-44(56(4,5)6)33-46(36-47)61-31-30-60(39-61)45-25-19-24-43(32-45)57(7,8)40-20-13-11-14-21-40;/h11-35,37,39H,1-10H3;/q-3;. The second kappa shape index (κ2) is 16.9. The number of rotatable bonds is 9. The van der Waals surface area contributed by atoms with Crippen molar-refractivity contribution in [2.24, 2.45) is 0 Å². The van der Waals surface area contributed by atoms with E-state index in [1.165, 1.54) is 22.3 Å². The van der Waals surface area contributed by atoms with Crippen LogP contribution in [0.3, 0.4) is 0 Å². The molecule has 1 aliphatic heterocycles. The molecule has 0 unspecified atom stereocenters. The molecule has 0 bridgehead atoms. The fourth-order valence-electron chi connectivity index (χ4n) is 8.79. The molecule has 0 fully saturated rings. The first-order valence-corrected chi connectivity index (χ1v) is 22.0. The van der Waals surface area contributed by atoms with Crippen LogP contribution in [-0.4, -0.2) is 9.55 Å². The molecule has 0 amide bonds. The van der Waals surface area contributed by atoms with Crippen molar-refractivity contribution in [3.8, 4) is 17.3 Å². The summed E-state index contributed by atoms with van der Waals surface area (Å²) < 4.78 is 9.30. The predicted octanol–water partition coefficient (Wildman–Crippen LogP) is 14.7. The number of ether oxygens (including phenoxy) is 1. The molecule has 9 rings (SSSR count). The Morgan fingerprint density at radius 1 is 0.531 bits per heavy atom. The van der Waals surface area contributed by atoms with Crippen molar-refractivity contribution in [2.75, 3.05) is 9.80 Å². The van der Waals surface area contributed by atoms with E-state index in [0.717, 1.165) is 50.1 Å². The molecule has 2 aromatic heterocycles. The van der Waals surface area contributed by atoms with Gasteiger partial charge in [-0.25, -0.2) is 4.98 Å². The zero-order chi connectivity index (χ0) is 44.3. The van der Waals surface area contributed by atoms with Crippen LogP contribution in [0.2, 0.25) is 0 Å². The molecule has 0 saturated carbocycles. The van der Waals surface area contributed by atoms with Crippen LogP contribution < -0.4 is 14.5 Å². The van der Waals surface area contributed by atoms with Gasteiger partial charge in [0.15, 0.2) is 0 Å². The number of anilines is 2. The van der Waals surface area contributed by atoms with Crippen molar-refractivity contribution >= 4 is 33.2 Å². The van der Waals surface area contributed by atoms with E-state index in [-0.39, 0.29) is 37.3 Å². The van der Waals surface area contributed by atoms with E-state index in [9.17, 15) is 0 Å². The maximum Gasteiger partial charge on any atom is 0.135 e. The molecule has 8 aromatic rings. The summed E-state index contributed by atoms with van der Waals surface area (Å²) in [6.07, 6.45) is 6.12. The Morgan fingerprint density at radius 2 is 1.14 bits per heavy atom. The largest absolute Gasteiger partial charge is 0.509 e. The summed E-state index contributed by atoms with van der Waals surface area (Å²) in [7, 11) is 0. The smallest absolute Gasteiger partial charge is 0.135 e. The van der Waals surface area contributed by atoms with E-state index in [1.807, 2.05) is 6.20 Å². The summed E-state index contributed by atoms with van der Waals surface area (Å²) in [5.41, 5.74) is 10.5. The Balaban J connectivity index is 0.00000560. The van der Waals surface area contributed by atoms with E-state index in [1.54, 1.807) is 0 Å². The summed E-state index contributed by atoms with van der Waals surface area (Å²) in [5, 5.41) is 2.28. The SMILES string of the molecule is CC(C)(C)c1cc(Oc2[c-]c3c(c(C(C)(C)c4ccccc4)c2)c2ccccc2n3-c2cc(C(C)(C)C)ccn2)[c-]c(N2C=CN(c3cccc(C(C)(C)c4ccccc4)c3)[CH-]2)c1.[Pt]. The topological polar surface area (TPSA) is 33.5 Å². The number of fused-ring (bicyclic) bond motifs is 3. The Kier molecular flexibility index (Phi) is 11.8. The van der Waals surface area contributed by atoms with Crippen LogP contribution in [-0.2, 0) is 42.7 Å². The van der Waals surface area contributed by atoms with Crippen molar-refractivity contribution in [3.63, 3.8) is 0 Å². The van der Waals surface area contributed by atoms with Gasteiger partial charge in [-0.2, -0.15) is 0 Å². The molecule has 0 aliphatic carbocycles. The van der Waals surface area contributed by atoms with Crippen LogP contribution in [0, 0.1) is 18.8 Å². The van der Waals surface area contributed by atoms with E-state index in [2.05, 4.69) is 254 Å². The van der Waals surface area contributed by atoms with Gasteiger partial charge in [0.1, 0.15) is 5.82 Å². The van der Waals surface area contributed by atoms with Gasteiger partial charge in [-0.05, 0) is 86.6 Å².